The average molecular weight is 353 g/mol. The highest BCUT2D eigenvalue weighted by molar-refractivity contribution is 5.89. The topological polar surface area (TPSA) is 52.9 Å². The average Bonchev–Trinajstić information content (AvgIpc) is 3.07. The summed E-state index contributed by atoms with van der Waals surface area (Å²) in [5, 5.41) is 2.81. The summed E-state index contributed by atoms with van der Waals surface area (Å²) in [6, 6.07) is 11.6. The van der Waals surface area contributed by atoms with Crippen LogP contribution in [0.1, 0.15) is 5.69 Å². The van der Waals surface area contributed by atoms with Gasteiger partial charge < -0.3 is 14.6 Å². The molecule has 6 nitrogen and oxygen atoms in total. The van der Waals surface area contributed by atoms with E-state index in [-0.39, 0.29) is 11.8 Å². The van der Waals surface area contributed by atoms with Gasteiger partial charge in [0.25, 0.3) is 0 Å². The van der Waals surface area contributed by atoms with Gasteiger partial charge in [-0.1, -0.05) is 6.07 Å². The van der Waals surface area contributed by atoms with E-state index in [1.165, 1.54) is 12.1 Å². The maximum Gasteiger partial charge on any atom is 0.321 e. The minimum atomic E-state index is -0.316. The second-order valence-electron chi connectivity index (χ2n) is 6.38. The zero-order chi connectivity index (χ0) is 17.9. The number of carbonyl (C=O) groups is 1. The van der Waals surface area contributed by atoms with Crippen LogP contribution in [0, 0.1) is 5.82 Å². The summed E-state index contributed by atoms with van der Waals surface area (Å²) in [4.78, 5) is 20.9. The van der Waals surface area contributed by atoms with Gasteiger partial charge in [-0.3, -0.25) is 4.90 Å². The Morgan fingerprint density at radius 2 is 1.85 bits per heavy atom. The first-order chi connectivity index (χ1) is 12.7. The Hall–Kier alpha value is -2.93. The molecule has 1 aliphatic rings. The van der Waals surface area contributed by atoms with Crippen LogP contribution in [0.15, 0.2) is 54.9 Å². The Morgan fingerprint density at radius 1 is 1.08 bits per heavy atom. The van der Waals surface area contributed by atoms with Crippen molar-refractivity contribution in [2.75, 3.05) is 31.5 Å². The van der Waals surface area contributed by atoms with Crippen LogP contribution < -0.4 is 5.32 Å². The molecule has 0 aliphatic carbocycles. The maximum absolute atomic E-state index is 12.9. The number of pyridine rings is 1. The summed E-state index contributed by atoms with van der Waals surface area (Å²) in [6.07, 6.45) is 3.92. The number of benzene rings is 1. The third-order valence-corrected chi connectivity index (χ3v) is 4.63. The molecule has 0 spiro atoms. The number of halogens is 1. The molecular weight excluding hydrogens is 333 g/mol. The van der Waals surface area contributed by atoms with Crippen LogP contribution in [0.2, 0.25) is 0 Å². The van der Waals surface area contributed by atoms with Gasteiger partial charge >= 0.3 is 6.03 Å². The third kappa shape index (κ3) is 3.52. The molecule has 0 atom stereocenters. The number of urea groups is 1. The number of rotatable bonds is 3. The van der Waals surface area contributed by atoms with Crippen molar-refractivity contribution in [2.24, 2.45) is 0 Å². The van der Waals surface area contributed by atoms with Crippen molar-refractivity contribution >= 4 is 17.4 Å². The van der Waals surface area contributed by atoms with Crippen molar-refractivity contribution in [3.63, 3.8) is 0 Å². The quantitative estimate of drug-likeness (QED) is 0.788. The van der Waals surface area contributed by atoms with Gasteiger partial charge in [0.2, 0.25) is 0 Å². The smallest absolute Gasteiger partial charge is 0.321 e. The second-order valence-corrected chi connectivity index (χ2v) is 6.38. The molecular formula is C19H20FN5O. The van der Waals surface area contributed by atoms with Crippen LogP contribution in [-0.2, 0) is 6.54 Å². The molecule has 4 rings (SSSR count). The molecule has 0 unspecified atom stereocenters. The first-order valence-electron chi connectivity index (χ1n) is 8.64. The third-order valence-electron chi connectivity index (χ3n) is 4.63. The molecule has 1 saturated heterocycles. The summed E-state index contributed by atoms with van der Waals surface area (Å²) in [5.41, 5.74) is 2.69. The molecule has 1 N–H and O–H groups in total. The lowest BCUT2D eigenvalue weighted by Crippen LogP contribution is -2.49. The lowest BCUT2D eigenvalue weighted by molar-refractivity contribution is 0.142. The molecule has 26 heavy (non-hydrogen) atoms. The standard InChI is InChI=1S/C19H20FN5O/c20-15-4-6-16(7-5-15)22-19(26)24-11-9-23(10-12-24)14-17-13-21-18-3-1-2-8-25(17)18/h1-8,13H,9-12,14H2,(H,22,26). The number of aromatic nitrogens is 2. The summed E-state index contributed by atoms with van der Waals surface area (Å²) < 4.78 is 15.0. The van der Waals surface area contributed by atoms with Crippen molar-refractivity contribution in [1.29, 1.82) is 0 Å². The predicted molar refractivity (Wildman–Crippen MR) is 97.5 cm³/mol. The fourth-order valence-corrected chi connectivity index (χ4v) is 3.18. The van der Waals surface area contributed by atoms with Crippen molar-refractivity contribution in [2.45, 2.75) is 6.54 Å². The van der Waals surface area contributed by atoms with Gasteiger partial charge in [0.1, 0.15) is 11.5 Å². The van der Waals surface area contributed by atoms with E-state index in [0.717, 1.165) is 31.0 Å². The molecule has 0 radical (unpaired) electrons. The second kappa shape index (κ2) is 7.13. The van der Waals surface area contributed by atoms with Gasteiger partial charge in [0.15, 0.2) is 0 Å². The van der Waals surface area contributed by atoms with Gasteiger partial charge in [0.05, 0.1) is 11.9 Å². The van der Waals surface area contributed by atoms with E-state index in [2.05, 4.69) is 19.6 Å². The summed E-state index contributed by atoms with van der Waals surface area (Å²) in [7, 11) is 0. The van der Waals surface area contributed by atoms with E-state index in [1.807, 2.05) is 30.6 Å². The Kier molecular flexibility index (Phi) is 4.53. The maximum atomic E-state index is 12.9. The van der Waals surface area contributed by atoms with Crippen LogP contribution in [0.5, 0.6) is 0 Å². The van der Waals surface area contributed by atoms with Gasteiger partial charge in [-0.05, 0) is 36.4 Å². The molecule has 1 aromatic carbocycles. The molecule has 3 aromatic rings. The van der Waals surface area contributed by atoms with Crippen molar-refractivity contribution in [3.8, 4) is 0 Å². The molecule has 0 bridgehead atoms. The molecule has 3 heterocycles. The van der Waals surface area contributed by atoms with Crippen molar-refractivity contribution in [1.82, 2.24) is 19.2 Å². The fraction of sp³-hybridized carbons (Fsp3) is 0.263. The van der Waals surface area contributed by atoms with E-state index in [4.69, 9.17) is 0 Å². The first kappa shape index (κ1) is 16.5. The van der Waals surface area contributed by atoms with Crippen molar-refractivity contribution in [3.05, 3.63) is 66.4 Å². The Balaban J connectivity index is 1.32. The number of amides is 2. The Morgan fingerprint density at radius 3 is 2.62 bits per heavy atom. The van der Waals surface area contributed by atoms with E-state index in [9.17, 15) is 9.18 Å². The van der Waals surface area contributed by atoms with E-state index in [1.54, 1.807) is 17.0 Å². The largest absolute Gasteiger partial charge is 0.322 e. The molecule has 134 valence electrons. The minimum absolute atomic E-state index is 0.147. The number of carbonyl (C=O) groups excluding carboxylic acids is 1. The zero-order valence-corrected chi connectivity index (χ0v) is 14.3. The van der Waals surface area contributed by atoms with E-state index < -0.39 is 0 Å². The monoisotopic (exact) mass is 353 g/mol. The number of piperazine rings is 1. The number of hydrogen-bond donors (Lipinski definition) is 1. The normalized spacial score (nSPS) is 15.3. The van der Waals surface area contributed by atoms with Crippen LogP contribution in [0.4, 0.5) is 14.9 Å². The van der Waals surface area contributed by atoms with Gasteiger partial charge in [-0.15, -0.1) is 0 Å². The number of hydrogen-bond acceptors (Lipinski definition) is 3. The predicted octanol–water partition coefficient (Wildman–Crippen LogP) is 2.82. The van der Waals surface area contributed by atoms with Crippen LogP contribution >= 0.6 is 0 Å². The molecule has 7 heteroatoms. The molecule has 1 fully saturated rings. The van der Waals surface area contributed by atoms with Gasteiger partial charge in [-0.2, -0.15) is 0 Å². The first-order valence-corrected chi connectivity index (χ1v) is 8.64. The van der Waals surface area contributed by atoms with Gasteiger partial charge in [0, 0.05) is 44.6 Å². The Bertz CT molecular complexity index is 900. The number of nitrogens with zero attached hydrogens (tertiary/aromatic N) is 4. The lowest BCUT2D eigenvalue weighted by atomic mass is 10.3. The van der Waals surface area contributed by atoms with Crippen LogP contribution in [0.25, 0.3) is 5.65 Å². The number of anilines is 1. The van der Waals surface area contributed by atoms with Crippen molar-refractivity contribution < 1.29 is 9.18 Å². The Labute approximate surface area is 150 Å². The van der Waals surface area contributed by atoms with Crippen LogP contribution in [0.3, 0.4) is 0 Å². The molecule has 1 aliphatic heterocycles. The van der Waals surface area contributed by atoms with Gasteiger partial charge in [-0.25, -0.2) is 14.2 Å². The summed E-state index contributed by atoms with van der Waals surface area (Å²) in [5.74, 6) is -0.316. The lowest BCUT2D eigenvalue weighted by Gasteiger charge is -2.34. The number of nitrogens with one attached hydrogen (secondary N) is 1. The highest BCUT2D eigenvalue weighted by atomic mass is 19.1. The van der Waals surface area contributed by atoms with E-state index >= 15 is 0 Å². The molecule has 0 saturated carbocycles. The van der Waals surface area contributed by atoms with Crippen LogP contribution in [-0.4, -0.2) is 51.4 Å². The minimum Gasteiger partial charge on any atom is -0.322 e. The SMILES string of the molecule is O=C(Nc1ccc(F)cc1)N1CCN(Cc2cnc3ccccn23)CC1. The zero-order valence-electron chi connectivity index (χ0n) is 14.3. The summed E-state index contributed by atoms with van der Waals surface area (Å²) in [6.45, 7) is 3.72. The highest BCUT2D eigenvalue weighted by Crippen LogP contribution is 2.13. The van der Waals surface area contributed by atoms with E-state index in [0.29, 0.717) is 18.8 Å². The fourth-order valence-electron chi connectivity index (χ4n) is 3.18. The molecule has 2 amide bonds. The number of imidazole rings is 1. The summed E-state index contributed by atoms with van der Waals surface area (Å²) >= 11 is 0. The highest BCUT2D eigenvalue weighted by Gasteiger charge is 2.21. The molecule has 2 aromatic heterocycles. The number of fused-ring (bicyclic) bond motifs is 1.